The molecule has 2 atom stereocenters. The average molecular weight is 379 g/mol. The standard InChI is InChI=1S/C14H14BrClFNOS/c1-2-11(18)14(12-3-4-13(16)20-12)19-10-6-8(15)5-9(17)7-10/h3-7,11,14H,2,18H2,1H3. The Balaban J connectivity index is 2.28. The molecule has 0 fully saturated rings. The van der Waals surface area contributed by atoms with Crippen LogP contribution in [0.2, 0.25) is 4.34 Å². The monoisotopic (exact) mass is 377 g/mol. The van der Waals surface area contributed by atoms with Gasteiger partial charge in [-0.15, -0.1) is 11.3 Å². The van der Waals surface area contributed by atoms with Crippen molar-refractivity contribution in [2.24, 2.45) is 5.73 Å². The maximum absolute atomic E-state index is 13.4. The Morgan fingerprint density at radius 2 is 2.15 bits per heavy atom. The fourth-order valence-corrected chi connectivity index (χ4v) is 3.41. The van der Waals surface area contributed by atoms with Crippen LogP contribution in [0.25, 0.3) is 0 Å². The van der Waals surface area contributed by atoms with Crippen LogP contribution in [0.4, 0.5) is 4.39 Å². The van der Waals surface area contributed by atoms with Crippen LogP contribution in [0.15, 0.2) is 34.8 Å². The molecule has 0 saturated carbocycles. The molecular formula is C14H14BrClFNOS. The molecule has 6 heteroatoms. The van der Waals surface area contributed by atoms with Crippen LogP contribution in [0.3, 0.4) is 0 Å². The maximum atomic E-state index is 13.4. The van der Waals surface area contributed by atoms with Crippen LogP contribution in [0.5, 0.6) is 5.75 Å². The second kappa shape index (κ2) is 6.89. The minimum absolute atomic E-state index is 0.188. The van der Waals surface area contributed by atoms with Crippen molar-refractivity contribution in [3.05, 3.63) is 49.8 Å². The molecule has 1 aromatic heterocycles. The third kappa shape index (κ3) is 3.95. The summed E-state index contributed by atoms with van der Waals surface area (Å²) in [6.07, 6.45) is 0.405. The SMILES string of the molecule is CCC(N)C(Oc1cc(F)cc(Br)c1)c1ccc(Cl)s1. The van der Waals surface area contributed by atoms with Crippen molar-refractivity contribution < 1.29 is 9.13 Å². The molecule has 1 aromatic carbocycles. The summed E-state index contributed by atoms with van der Waals surface area (Å²) in [5.41, 5.74) is 6.12. The second-order valence-corrected chi connectivity index (χ2v) is 7.02. The minimum Gasteiger partial charge on any atom is -0.483 e. The third-order valence-corrected chi connectivity index (χ3v) is 4.58. The zero-order chi connectivity index (χ0) is 14.7. The van der Waals surface area contributed by atoms with Gasteiger partial charge in [-0.2, -0.15) is 0 Å². The Kier molecular flexibility index (Phi) is 5.43. The number of rotatable bonds is 5. The first kappa shape index (κ1) is 15.8. The first-order valence-corrected chi connectivity index (χ1v) is 8.12. The van der Waals surface area contributed by atoms with Gasteiger partial charge in [-0.3, -0.25) is 0 Å². The van der Waals surface area contributed by atoms with E-state index in [2.05, 4.69) is 15.9 Å². The first-order valence-electron chi connectivity index (χ1n) is 6.13. The van der Waals surface area contributed by atoms with Gasteiger partial charge in [0.05, 0.1) is 4.34 Å². The molecule has 0 bridgehead atoms. The van der Waals surface area contributed by atoms with E-state index < -0.39 is 0 Å². The molecule has 108 valence electrons. The molecule has 2 N–H and O–H groups in total. The Bertz CT molecular complexity index is 572. The minimum atomic E-state index is -0.359. The number of thiophene rings is 1. The molecule has 2 nitrogen and oxygen atoms in total. The van der Waals surface area contributed by atoms with E-state index in [1.807, 2.05) is 19.1 Å². The molecule has 0 radical (unpaired) electrons. The van der Waals surface area contributed by atoms with Crippen molar-refractivity contribution in [3.63, 3.8) is 0 Å². The van der Waals surface area contributed by atoms with Gasteiger partial charge in [0.2, 0.25) is 0 Å². The predicted octanol–water partition coefficient (Wildman–Crippen LogP) is 5.16. The fraction of sp³-hybridized carbons (Fsp3) is 0.286. The lowest BCUT2D eigenvalue weighted by atomic mass is 10.1. The van der Waals surface area contributed by atoms with E-state index in [1.54, 1.807) is 6.07 Å². The van der Waals surface area contributed by atoms with Crippen LogP contribution < -0.4 is 10.5 Å². The van der Waals surface area contributed by atoms with Gasteiger partial charge in [0.15, 0.2) is 0 Å². The summed E-state index contributed by atoms with van der Waals surface area (Å²) < 4.78 is 20.6. The van der Waals surface area contributed by atoms with Gasteiger partial charge in [-0.25, -0.2) is 4.39 Å². The van der Waals surface area contributed by atoms with Crippen LogP contribution in [0, 0.1) is 5.82 Å². The summed E-state index contributed by atoms with van der Waals surface area (Å²) in [5.74, 6) is 0.0812. The van der Waals surface area contributed by atoms with Crippen molar-refractivity contribution >= 4 is 38.9 Å². The van der Waals surface area contributed by atoms with Crippen molar-refractivity contribution in [2.45, 2.75) is 25.5 Å². The van der Waals surface area contributed by atoms with E-state index >= 15 is 0 Å². The van der Waals surface area contributed by atoms with Crippen LogP contribution in [0.1, 0.15) is 24.3 Å². The Hall–Kier alpha value is -0.620. The molecule has 20 heavy (non-hydrogen) atoms. The van der Waals surface area contributed by atoms with Crippen molar-refractivity contribution in [1.29, 1.82) is 0 Å². The molecule has 0 aliphatic carbocycles. The number of hydrogen-bond donors (Lipinski definition) is 1. The zero-order valence-corrected chi connectivity index (χ0v) is 13.9. The Labute approximate surface area is 134 Å². The summed E-state index contributed by atoms with van der Waals surface area (Å²) in [6.45, 7) is 1.98. The van der Waals surface area contributed by atoms with Crippen LogP contribution in [-0.4, -0.2) is 6.04 Å². The van der Waals surface area contributed by atoms with Crippen LogP contribution in [-0.2, 0) is 0 Å². The number of ether oxygens (including phenoxy) is 1. The number of halogens is 3. The number of hydrogen-bond acceptors (Lipinski definition) is 3. The molecular weight excluding hydrogens is 365 g/mol. The molecule has 0 amide bonds. The summed E-state index contributed by atoms with van der Waals surface area (Å²) in [4.78, 5) is 0.935. The largest absolute Gasteiger partial charge is 0.483 e. The molecule has 0 aliphatic heterocycles. The smallest absolute Gasteiger partial charge is 0.148 e. The molecule has 0 aliphatic rings. The highest BCUT2D eigenvalue weighted by Gasteiger charge is 2.22. The van der Waals surface area contributed by atoms with E-state index in [-0.39, 0.29) is 18.0 Å². The quantitative estimate of drug-likeness (QED) is 0.780. The maximum Gasteiger partial charge on any atom is 0.148 e. The summed E-state index contributed by atoms with van der Waals surface area (Å²) in [5, 5.41) is 0. The predicted molar refractivity (Wildman–Crippen MR) is 85.1 cm³/mol. The highest BCUT2D eigenvalue weighted by Crippen LogP contribution is 2.33. The van der Waals surface area contributed by atoms with Crippen molar-refractivity contribution in [3.8, 4) is 5.75 Å². The fourth-order valence-electron chi connectivity index (χ4n) is 1.79. The number of benzene rings is 1. The van der Waals surface area contributed by atoms with Gasteiger partial charge in [-0.1, -0.05) is 34.5 Å². The second-order valence-electron chi connectivity index (χ2n) is 4.36. The molecule has 2 aromatic rings. The highest BCUT2D eigenvalue weighted by molar-refractivity contribution is 9.10. The van der Waals surface area contributed by atoms with Gasteiger partial charge in [0.1, 0.15) is 17.7 Å². The molecule has 0 saturated heterocycles. The van der Waals surface area contributed by atoms with Gasteiger partial charge in [0, 0.05) is 21.5 Å². The van der Waals surface area contributed by atoms with E-state index in [0.29, 0.717) is 14.6 Å². The molecule has 1 heterocycles. The lowest BCUT2D eigenvalue weighted by molar-refractivity contribution is 0.174. The van der Waals surface area contributed by atoms with Gasteiger partial charge in [0.25, 0.3) is 0 Å². The lowest BCUT2D eigenvalue weighted by Crippen LogP contribution is -2.30. The van der Waals surface area contributed by atoms with E-state index in [1.165, 1.54) is 23.5 Å². The lowest BCUT2D eigenvalue weighted by Gasteiger charge is -2.23. The molecule has 2 unspecified atom stereocenters. The first-order chi connectivity index (χ1) is 9.49. The Morgan fingerprint density at radius 3 is 2.70 bits per heavy atom. The van der Waals surface area contributed by atoms with E-state index in [9.17, 15) is 4.39 Å². The topological polar surface area (TPSA) is 35.2 Å². The average Bonchev–Trinajstić information content (AvgIpc) is 2.80. The van der Waals surface area contributed by atoms with Crippen molar-refractivity contribution in [1.82, 2.24) is 0 Å². The van der Waals surface area contributed by atoms with Crippen molar-refractivity contribution in [2.75, 3.05) is 0 Å². The van der Waals surface area contributed by atoms with E-state index in [0.717, 1.165) is 11.3 Å². The summed E-state index contributed by atoms with van der Waals surface area (Å²) in [7, 11) is 0. The van der Waals surface area contributed by atoms with E-state index in [4.69, 9.17) is 22.1 Å². The number of nitrogens with two attached hydrogens (primary N) is 1. The normalized spacial score (nSPS) is 14.1. The molecule has 2 rings (SSSR count). The van der Waals surface area contributed by atoms with Crippen LogP contribution >= 0.6 is 38.9 Å². The van der Waals surface area contributed by atoms with Gasteiger partial charge < -0.3 is 10.5 Å². The Morgan fingerprint density at radius 1 is 1.40 bits per heavy atom. The summed E-state index contributed by atoms with van der Waals surface area (Å²) in [6, 6.07) is 7.95. The third-order valence-electron chi connectivity index (χ3n) is 2.83. The zero-order valence-electron chi connectivity index (χ0n) is 10.8. The molecule has 0 spiro atoms. The van der Waals surface area contributed by atoms with Gasteiger partial charge >= 0.3 is 0 Å². The van der Waals surface area contributed by atoms with Gasteiger partial charge in [-0.05, 0) is 30.7 Å². The summed E-state index contributed by atoms with van der Waals surface area (Å²) >= 11 is 10.6. The highest BCUT2D eigenvalue weighted by atomic mass is 79.9.